The number of nitro benzene ring substituents is 1. The van der Waals surface area contributed by atoms with E-state index in [9.17, 15) is 36.5 Å². The number of benzene rings is 1. The molecule has 2 fully saturated rings. The predicted octanol–water partition coefficient (Wildman–Crippen LogP) is 2.86. The topological polar surface area (TPSA) is 104 Å². The lowest BCUT2D eigenvalue weighted by Crippen LogP contribution is -2.57. The van der Waals surface area contributed by atoms with E-state index in [0.29, 0.717) is 31.9 Å². The zero-order chi connectivity index (χ0) is 24.4. The van der Waals surface area contributed by atoms with Gasteiger partial charge in [0, 0.05) is 38.8 Å². The molecule has 2 saturated heterocycles. The van der Waals surface area contributed by atoms with E-state index >= 15 is 0 Å². The maximum atomic E-state index is 13.2. The number of hydrogen-bond acceptors (Lipinski definition) is 6. The van der Waals surface area contributed by atoms with E-state index < -0.39 is 38.4 Å². The standard InChI is InChI=1S/C20H27F3N4O5S/c1-2-13-33(31,32)26-8-4-3-5-17(26)19(28)25-11-9-24(10-12-25)16-7-6-15(20(21,22)23)14-18(16)27(29)30/h6-7,14,17H,2-5,8-13H2,1H3. The molecule has 13 heteroatoms. The van der Waals surface area contributed by atoms with Crippen LogP contribution < -0.4 is 4.90 Å². The van der Waals surface area contributed by atoms with Crippen LogP contribution in [0.1, 0.15) is 38.2 Å². The van der Waals surface area contributed by atoms with Crippen LogP contribution >= 0.6 is 0 Å². The quantitative estimate of drug-likeness (QED) is 0.447. The first-order chi connectivity index (χ1) is 15.5. The van der Waals surface area contributed by atoms with Crippen molar-refractivity contribution in [2.45, 2.75) is 44.8 Å². The van der Waals surface area contributed by atoms with Gasteiger partial charge in [-0.1, -0.05) is 13.3 Å². The van der Waals surface area contributed by atoms with Crippen molar-refractivity contribution >= 4 is 27.3 Å². The zero-order valence-electron chi connectivity index (χ0n) is 18.3. The van der Waals surface area contributed by atoms with Gasteiger partial charge in [0.1, 0.15) is 11.7 Å². The summed E-state index contributed by atoms with van der Waals surface area (Å²) in [5.74, 6) is -0.321. The number of anilines is 1. The SMILES string of the molecule is CCCS(=O)(=O)N1CCCCC1C(=O)N1CCN(c2ccc(C(F)(F)F)cc2[N+](=O)[O-])CC1. The molecule has 9 nitrogen and oxygen atoms in total. The van der Waals surface area contributed by atoms with Gasteiger partial charge in [-0.2, -0.15) is 17.5 Å². The highest BCUT2D eigenvalue weighted by molar-refractivity contribution is 7.89. The fraction of sp³-hybridized carbons (Fsp3) is 0.650. The maximum Gasteiger partial charge on any atom is 0.416 e. The molecule has 2 aliphatic rings. The molecule has 0 aliphatic carbocycles. The van der Waals surface area contributed by atoms with Gasteiger partial charge >= 0.3 is 6.18 Å². The molecule has 184 valence electrons. The zero-order valence-corrected chi connectivity index (χ0v) is 19.1. The van der Waals surface area contributed by atoms with Crippen LogP contribution in [0.3, 0.4) is 0 Å². The minimum Gasteiger partial charge on any atom is -0.362 e. The number of alkyl halides is 3. The third kappa shape index (κ3) is 5.57. The molecule has 1 aromatic rings. The number of nitrogens with zero attached hydrogens (tertiary/aromatic N) is 4. The van der Waals surface area contributed by atoms with Crippen molar-refractivity contribution in [3.8, 4) is 0 Å². The Kier molecular flexibility index (Phi) is 7.52. The van der Waals surface area contributed by atoms with E-state index in [1.807, 2.05) is 0 Å². The highest BCUT2D eigenvalue weighted by Crippen LogP contribution is 2.37. The molecular formula is C20H27F3N4O5S. The van der Waals surface area contributed by atoms with Gasteiger partial charge in [0.15, 0.2) is 0 Å². The number of carbonyl (C=O) groups is 1. The summed E-state index contributed by atoms with van der Waals surface area (Å²) in [5, 5.41) is 11.4. The summed E-state index contributed by atoms with van der Waals surface area (Å²) >= 11 is 0. The van der Waals surface area contributed by atoms with Crippen LogP contribution in [0.4, 0.5) is 24.5 Å². The molecule has 0 saturated carbocycles. The normalized spacial score (nSPS) is 20.7. The van der Waals surface area contributed by atoms with Crippen molar-refractivity contribution in [1.82, 2.24) is 9.21 Å². The van der Waals surface area contributed by atoms with E-state index in [1.165, 1.54) is 9.21 Å². The number of piperidine rings is 1. The van der Waals surface area contributed by atoms with Gasteiger partial charge in [0.05, 0.1) is 16.2 Å². The molecular weight excluding hydrogens is 465 g/mol. The summed E-state index contributed by atoms with van der Waals surface area (Å²) in [6, 6.07) is 1.64. The highest BCUT2D eigenvalue weighted by Gasteiger charge is 2.39. The number of amides is 1. The second-order valence-corrected chi connectivity index (χ2v) is 10.3. The molecule has 3 rings (SSSR count). The lowest BCUT2D eigenvalue weighted by Gasteiger charge is -2.40. The lowest BCUT2D eigenvalue weighted by atomic mass is 10.0. The van der Waals surface area contributed by atoms with Crippen LogP contribution in [0.25, 0.3) is 0 Å². The summed E-state index contributed by atoms with van der Waals surface area (Å²) in [4.78, 5) is 26.8. The molecule has 0 aromatic heterocycles. The van der Waals surface area contributed by atoms with Gasteiger partial charge < -0.3 is 9.80 Å². The van der Waals surface area contributed by atoms with E-state index in [-0.39, 0.29) is 43.5 Å². The summed E-state index contributed by atoms with van der Waals surface area (Å²) in [6.07, 6.45) is -2.38. The highest BCUT2D eigenvalue weighted by atomic mass is 32.2. The number of hydrogen-bond donors (Lipinski definition) is 0. The summed E-state index contributed by atoms with van der Waals surface area (Å²) in [6.45, 7) is 2.82. The Bertz CT molecular complexity index is 994. The van der Waals surface area contributed by atoms with E-state index in [2.05, 4.69) is 0 Å². The number of piperazine rings is 1. The second-order valence-electron chi connectivity index (χ2n) is 8.21. The Hall–Kier alpha value is -2.41. The third-order valence-electron chi connectivity index (χ3n) is 5.99. The monoisotopic (exact) mass is 492 g/mol. The number of halogens is 3. The van der Waals surface area contributed by atoms with Crippen molar-refractivity contribution in [3.63, 3.8) is 0 Å². The molecule has 1 atom stereocenters. The molecule has 2 heterocycles. The van der Waals surface area contributed by atoms with Crippen LogP contribution in [0.15, 0.2) is 18.2 Å². The third-order valence-corrected chi connectivity index (χ3v) is 8.07. The first kappa shape index (κ1) is 25.2. The molecule has 0 bridgehead atoms. The molecule has 0 spiro atoms. The summed E-state index contributed by atoms with van der Waals surface area (Å²) in [7, 11) is -3.54. The van der Waals surface area contributed by atoms with Crippen LogP contribution in [0.5, 0.6) is 0 Å². The Labute approximate surface area is 190 Å². The molecule has 0 N–H and O–H groups in total. The Morgan fingerprint density at radius 2 is 1.82 bits per heavy atom. The van der Waals surface area contributed by atoms with Crippen LogP contribution in [-0.2, 0) is 21.0 Å². The number of nitro groups is 1. The van der Waals surface area contributed by atoms with Crippen LogP contribution in [0, 0.1) is 10.1 Å². The Balaban J connectivity index is 1.73. The van der Waals surface area contributed by atoms with Crippen molar-refractivity contribution in [2.75, 3.05) is 43.4 Å². The molecule has 33 heavy (non-hydrogen) atoms. The van der Waals surface area contributed by atoms with Crippen molar-refractivity contribution < 1.29 is 31.3 Å². The van der Waals surface area contributed by atoms with Gasteiger partial charge in [-0.3, -0.25) is 14.9 Å². The maximum absolute atomic E-state index is 13.2. The van der Waals surface area contributed by atoms with Crippen molar-refractivity contribution in [3.05, 3.63) is 33.9 Å². The van der Waals surface area contributed by atoms with Gasteiger partial charge in [0.2, 0.25) is 15.9 Å². The number of rotatable bonds is 6. The minimum absolute atomic E-state index is 0.0256. The Morgan fingerprint density at radius 1 is 1.15 bits per heavy atom. The molecule has 0 radical (unpaired) electrons. The van der Waals surface area contributed by atoms with Crippen molar-refractivity contribution in [1.29, 1.82) is 0 Å². The first-order valence-electron chi connectivity index (χ1n) is 10.8. The van der Waals surface area contributed by atoms with Gasteiger partial charge in [-0.25, -0.2) is 8.42 Å². The summed E-state index contributed by atoms with van der Waals surface area (Å²) < 4.78 is 65.4. The smallest absolute Gasteiger partial charge is 0.362 e. The molecule has 1 unspecified atom stereocenters. The van der Waals surface area contributed by atoms with Gasteiger partial charge in [-0.15, -0.1) is 0 Å². The van der Waals surface area contributed by atoms with E-state index in [0.717, 1.165) is 18.6 Å². The van der Waals surface area contributed by atoms with E-state index in [4.69, 9.17) is 0 Å². The lowest BCUT2D eigenvalue weighted by molar-refractivity contribution is -0.384. The fourth-order valence-corrected chi connectivity index (χ4v) is 6.09. The fourth-order valence-electron chi connectivity index (χ4n) is 4.35. The predicted molar refractivity (Wildman–Crippen MR) is 115 cm³/mol. The van der Waals surface area contributed by atoms with Crippen LogP contribution in [-0.4, -0.2) is 73.0 Å². The average Bonchev–Trinajstić information content (AvgIpc) is 2.77. The molecule has 1 aromatic carbocycles. The minimum atomic E-state index is -4.70. The molecule has 1 amide bonds. The number of carbonyl (C=O) groups excluding carboxylic acids is 1. The number of sulfonamides is 1. The van der Waals surface area contributed by atoms with Gasteiger partial charge in [0.25, 0.3) is 5.69 Å². The molecule has 2 aliphatic heterocycles. The Morgan fingerprint density at radius 3 is 2.39 bits per heavy atom. The van der Waals surface area contributed by atoms with Crippen LogP contribution in [0.2, 0.25) is 0 Å². The second kappa shape index (κ2) is 9.84. The largest absolute Gasteiger partial charge is 0.416 e. The van der Waals surface area contributed by atoms with Gasteiger partial charge in [-0.05, 0) is 31.4 Å². The average molecular weight is 493 g/mol. The van der Waals surface area contributed by atoms with E-state index in [1.54, 1.807) is 11.8 Å². The summed E-state index contributed by atoms with van der Waals surface area (Å²) in [5.41, 5.74) is -1.68. The first-order valence-corrected chi connectivity index (χ1v) is 12.5. The van der Waals surface area contributed by atoms with Crippen molar-refractivity contribution in [2.24, 2.45) is 0 Å².